The van der Waals surface area contributed by atoms with Gasteiger partial charge in [-0.1, -0.05) is 29.8 Å². The predicted molar refractivity (Wildman–Crippen MR) is 87.6 cm³/mol. The number of pyridine rings is 1. The van der Waals surface area contributed by atoms with E-state index >= 15 is 0 Å². The van der Waals surface area contributed by atoms with Crippen molar-refractivity contribution in [3.63, 3.8) is 0 Å². The van der Waals surface area contributed by atoms with Crippen LogP contribution in [0, 0.1) is 13.8 Å². The molecular weight excluding hydrogens is 316 g/mol. The summed E-state index contributed by atoms with van der Waals surface area (Å²) in [5, 5.41) is 12.3. The molecule has 0 saturated heterocycles. The third-order valence-corrected chi connectivity index (χ3v) is 3.80. The molecule has 2 N–H and O–H groups in total. The SMILES string of the molecule is Cc1cc(C)c(C(=O)NC(CC(=O)O)c2ccccc2Cl)cn1. The molecule has 0 bridgehead atoms. The first-order valence-corrected chi connectivity index (χ1v) is 7.46. The number of rotatable bonds is 5. The number of aromatic nitrogens is 1. The molecule has 0 radical (unpaired) electrons. The average molecular weight is 333 g/mol. The molecule has 1 aromatic heterocycles. The van der Waals surface area contributed by atoms with Gasteiger partial charge in [0.15, 0.2) is 0 Å². The fourth-order valence-electron chi connectivity index (χ4n) is 2.34. The van der Waals surface area contributed by atoms with Crippen molar-refractivity contribution in [2.24, 2.45) is 0 Å². The molecule has 5 nitrogen and oxygen atoms in total. The van der Waals surface area contributed by atoms with Gasteiger partial charge >= 0.3 is 5.97 Å². The van der Waals surface area contributed by atoms with Crippen LogP contribution in [-0.4, -0.2) is 22.0 Å². The summed E-state index contributed by atoms with van der Waals surface area (Å²) < 4.78 is 0. The molecule has 0 aliphatic heterocycles. The van der Waals surface area contributed by atoms with Crippen LogP contribution in [-0.2, 0) is 4.79 Å². The summed E-state index contributed by atoms with van der Waals surface area (Å²) >= 11 is 6.13. The van der Waals surface area contributed by atoms with Crippen molar-refractivity contribution in [1.82, 2.24) is 10.3 Å². The highest BCUT2D eigenvalue weighted by Gasteiger charge is 2.21. The van der Waals surface area contributed by atoms with Crippen LogP contribution in [0.3, 0.4) is 0 Å². The minimum atomic E-state index is -1.02. The maximum Gasteiger partial charge on any atom is 0.305 e. The highest BCUT2D eigenvalue weighted by Crippen LogP contribution is 2.25. The highest BCUT2D eigenvalue weighted by molar-refractivity contribution is 6.31. The molecule has 0 fully saturated rings. The summed E-state index contributed by atoms with van der Waals surface area (Å²) in [5.74, 6) is -1.39. The number of carboxylic acids is 1. The number of benzene rings is 1. The minimum absolute atomic E-state index is 0.256. The summed E-state index contributed by atoms with van der Waals surface area (Å²) in [6.45, 7) is 3.65. The molecule has 1 atom stereocenters. The van der Waals surface area contributed by atoms with Crippen LogP contribution < -0.4 is 5.32 Å². The topological polar surface area (TPSA) is 79.3 Å². The molecule has 0 saturated carbocycles. The number of carbonyl (C=O) groups excluding carboxylic acids is 1. The fourth-order valence-corrected chi connectivity index (χ4v) is 2.61. The minimum Gasteiger partial charge on any atom is -0.481 e. The van der Waals surface area contributed by atoms with Gasteiger partial charge in [0.05, 0.1) is 18.0 Å². The van der Waals surface area contributed by atoms with E-state index in [2.05, 4.69) is 10.3 Å². The lowest BCUT2D eigenvalue weighted by Crippen LogP contribution is -2.31. The van der Waals surface area contributed by atoms with E-state index in [1.165, 1.54) is 6.20 Å². The molecule has 120 valence electrons. The van der Waals surface area contributed by atoms with E-state index in [1.54, 1.807) is 30.3 Å². The monoisotopic (exact) mass is 332 g/mol. The lowest BCUT2D eigenvalue weighted by Gasteiger charge is -2.19. The van der Waals surface area contributed by atoms with Gasteiger partial charge in [-0.05, 0) is 37.1 Å². The van der Waals surface area contributed by atoms with Gasteiger partial charge in [0.1, 0.15) is 0 Å². The molecule has 0 aliphatic carbocycles. The molecule has 6 heteroatoms. The number of aryl methyl sites for hydroxylation is 2. The Balaban J connectivity index is 2.29. The zero-order valence-corrected chi connectivity index (χ0v) is 13.6. The third-order valence-electron chi connectivity index (χ3n) is 3.46. The summed E-state index contributed by atoms with van der Waals surface area (Å²) in [6, 6.07) is 7.96. The van der Waals surface area contributed by atoms with Crippen LogP contribution >= 0.6 is 11.6 Å². The molecule has 0 aliphatic rings. The predicted octanol–water partition coefficient (Wildman–Crippen LogP) is 3.30. The van der Waals surface area contributed by atoms with E-state index in [4.69, 9.17) is 16.7 Å². The van der Waals surface area contributed by atoms with Gasteiger partial charge in [0.25, 0.3) is 5.91 Å². The number of halogens is 1. The van der Waals surface area contributed by atoms with Crippen molar-refractivity contribution >= 4 is 23.5 Å². The number of hydrogen-bond acceptors (Lipinski definition) is 3. The van der Waals surface area contributed by atoms with Crippen LogP contribution in [0.15, 0.2) is 36.5 Å². The van der Waals surface area contributed by atoms with E-state index in [0.717, 1.165) is 11.3 Å². The molecule has 23 heavy (non-hydrogen) atoms. The Morgan fingerprint density at radius 1 is 1.30 bits per heavy atom. The van der Waals surface area contributed by atoms with Gasteiger partial charge in [-0.15, -0.1) is 0 Å². The lowest BCUT2D eigenvalue weighted by molar-refractivity contribution is -0.137. The van der Waals surface area contributed by atoms with Gasteiger partial charge in [0.2, 0.25) is 0 Å². The Labute approximate surface area is 139 Å². The van der Waals surface area contributed by atoms with E-state index in [9.17, 15) is 9.59 Å². The number of nitrogens with zero attached hydrogens (tertiary/aromatic N) is 1. The molecule has 0 spiro atoms. The van der Waals surface area contributed by atoms with Crippen molar-refractivity contribution in [3.8, 4) is 0 Å². The van der Waals surface area contributed by atoms with Crippen LogP contribution in [0.5, 0.6) is 0 Å². The Morgan fingerprint density at radius 2 is 2.00 bits per heavy atom. The van der Waals surface area contributed by atoms with Crippen LogP contribution in [0.4, 0.5) is 0 Å². The van der Waals surface area contributed by atoms with Gasteiger partial charge < -0.3 is 10.4 Å². The smallest absolute Gasteiger partial charge is 0.305 e. The Kier molecular flexibility index (Phi) is 5.34. The Morgan fingerprint density at radius 3 is 2.61 bits per heavy atom. The number of nitrogens with one attached hydrogen (secondary N) is 1. The Hall–Kier alpha value is -2.40. The molecular formula is C17H17ClN2O3. The van der Waals surface area contributed by atoms with E-state index in [-0.39, 0.29) is 12.3 Å². The number of carboxylic acid groups (broad SMARTS) is 1. The summed E-state index contributed by atoms with van der Waals surface area (Å²) in [6.07, 6.45) is 1.23. The average Bonchev–Trinajstić information content (AvgIpc) is 2.46. The van der Waals surface area contributed by atoms with Crippen molar-refractivity contribution in [2.45, 2.75) is 26.3 Å². The number of carbonyl (C=O) groups is 2. The first kappa shape index (κ1) is 17.0. The molecule has 1 amide bonds. The summed E-state index contributed by atoms with van der Waals surface area (Å²) in [5.41, 5.74) is 2.58. The van der Waals surface area contributed by atoms with E-state index < -0.39 is 12.0 Å². The summed E-state index contributed by atoms with van der Waals surface area (Å²) in [7, 11) is 0. The van der Waals surface area contributed by atoms with E-state index in [0.29, 0.717) is 16.1 Å². The Bertz CT molecular complexity index is 746. The largest absolute Gasteiger partial charge is 0.481 e. The molecule has 1 unspecified atom stereocenters. The van der Waals surface area contributed by atoms with Gasteiger partial charge in [0, 0.05) is 16.9 Å². The molecule has 1 aromatic carbocycles. The van der Waals surface area contributed by atoms with Crippen LogP contribution in [0.2, 0.25) is 5.02 Å². The number of amides is 1. The number of aliphatic carboxylic acids is 1. The second-order valence-electron chi connectivity index (χ2n) is 5.29. The van der Waals surface area contributed by atoms with Gasteiger partial charge in [-0.3, -0.25) is 14.6 Å². The van der Waals surface area contributed by atoms with Gasteiger partial charge in [-0.2, -0.15) is 0 Å². The second-order valence-corrected chi connectivity index (χ2v) is 5.69. The highest BCUT2D eigenvalue weighted by atomic mass is 35.5. The van der Waals surface area contributed by atoms with Crippen molar-refractivity contribution in [3.05, 3.63) is 63.9 Å². The molecule has 2 aromatic rings. The zero-order chi connectivity index (χ0) is 17.0. The van der Waals surface area contributed by atoms with Crippen LogP contribution in [0.25, 0.3) is 0 Å². The fraction of sp³-hybridized carbons (Fsp3) is 0.235. The zero-order valence-electron chi connectivity index (χ0n) is 12.8. The lowest BCUT2D eigenvalue weighted by atomic mass is 10.0. The molecule has 1 heterocycles. The van der Waals surface area contributed by atoms with Crippen molar-refractivity contribution < 1.29 is 14.7 Å². The maximum atomic E-state index is 12.5. The summed E-state index contributed by atoms with van der Waals surface area (Å²) in [4.78, 5) is 27.7. The third kappa shape index (κ3) is 4.29. The van der Waals surface area contributed by atoms with E-state index in [1.807, 2.05) is 13.8 Å². The molecule has 2 rings (SSSR count). The van der Waals surface area contributed by atoms with Gasteiger partial charge in [-0.25, -0.2) is 0 Å². The maximum absolute atomic E-state index is 12.5. The van der Waals surface area contributed by atoms with Crippen molar-refractivity contribution in [2.75, 3.05) is 0 Å². The normalized spacial score (nSPS) is 11.8. The van der Waals surface area contributed by atoms with Crippen molar-refractivity contribution in [1.29, 1.82) is 0 Å². The second kappa shape index (κ2) is 7.24. The van der Waals surface area contributed by atoms with Crippen LogP contribution in [0.1, 0.15) is 39.6 Å². The quantitative estimate of drug-likeness (QED) is 0.880. The number of hydrogen-bond donors (Lipinski definition) is 2. The first-order chi connectivity index (χ1) is 10.9. The standard InChI is InChI=1S/C17H17ClN2O3/c1-10-7-11(2)19-9-13(10)17(23)20-15(8-16(21)22)12-5-3-4-6-14(12)18/h3-7,9,15H,8H2,1-2H3,(H,20,23)(H,21,22). The first-order valence-electron chi connectivity index (χ1n) is 7.09.